The van der Waals surface area contributed by atoms with E-state index >= 15 is 0 Å². The van der Waals surface area contributed by atoms with E-state index in [0.717, 1.165) is 64.1 Å². The average molecular weight is 323 g/mol. The zero-order chi connectivity index (χ0) is 16.3. The van der Waals surface area contributed by atoms with E-state index in [4.69, 9.17) is 14.5 Å². The van der Waals surface area contributed by atoms with Crippen LogP contribution in [-0.2, 0) is 9.47 Å². The third-order valence-corrected chi connectivity index (χ3v) is 5.05. The number of hydrogen-bond acceptors (Lipinski definition) is 4. The molecule has 3 fully saturated rings. The van der Waals surface area contributed by atoms with E-state index in [0.29, 0.717) is 6.04 Å². The highest BCUT2D eigenvalue weighted by Gasteiger charge is 2.43. The SMILES string of the molecule is CN/N=C(\N=C(/C)N1CCOC[C@@H]1C)N1CCOC2(CCC2)C1. The van der Waals surface area contributed by atoms with Gasteiger partial charge >= 0.3 is 0 Å². The first-order chi connectivity index (χ1) is 11.1. The highest BCUT2D eigenvalue weighted by molar-refractivity contribution is 5.95. The molecule has 23 heavy (non-hydrogen) atoms. The Balaban J connectivity index is 1.73. The van der Waals surface area contributed by atoms with Gasteiger partial charge in [-0.25, -0.2) is 0 Å². The summed E-state index contributed by atoms with van der Waals surface area (Å²) in [5, 5.41) is 4.42. The number of rotatable bonds is 1. The van der Waals surface area contributed by atoms with Crippen LogP contribution in [0.25, 0.3) is 0 Å². The molecule has 3 rings (SSSR count). The Hall–Kier alpha value is -1.34. The highest BCUT2D eigenvalue weighted by Crippen LogP contribution is 2.38. The molecule has 0 amide bonds. The first kappa shape index (κ1) is 16.5. The van der Waals surface area contributed by atoms with Gasteiger partial charge in [-0.05, 0) is 33.1 Å². The van der Waals surface area contributed by atoms with E-state index in [1.807, 2.05) is 7.05 Å². The number of nitrogens with one attached hydrogen (secondary N) is 1. The summed E-state index contributed by atoms with van der Waals surface area (Å²) in [5.41, 5.74) is 2.95. The third-order valence-electron chi connectivity index (χ3n) is 5.05. The van der Waals surface area contributed by atoms with E-state index in [1.165, 1.54) is 6.42 Å². The number of hydrazone groups is 1. The lowest BCUT2D eigenvalue weighted by atomic mass is 9.79. The number of aliphatic imine (C=N–C) groups is 1. The summed E-state index contributed by atoms with van der Waals surface area (Å²) in [4.78, 5) is 9.39. The van der Waals surface area contributed by atoms with E-state index < -0.39 is 0 Å². The number of hydrogen-bond donors (Lipinski definition) is 1. The molecule has 3 aliphatic rings. The summed E-state index contributed by atoms with van der Waals surface area (Å²) >= 11 is 0. The van der Waals surface area contributed by atoms with E-state index in [1.54, 1.807) is 0 Å². The highest BCUT2D eigenvalue weighted by atomic mass is 16.5. The maximum absolute atomic E-state index is 6.01. The van der Waals surface area contributed by atoms with Crippen molar-refractivity contribution in [3.05, 3.63) is 0 Å². The van der Waals surface area contributed by atoms with Crippen LogP contribution in [-0.4, -0.2) is 79.7 Å². The molecule has 0 aromatic heterocycles. The predicted octanol–water partition coefficient (Wildman–Crippen LogP) is 0.871. The summed E-state index contributed by atoms with van der Waals surface area (Å²) in [6.07, 6.45) is 3.57. The molecule has 0 bridgehead atoms. The Morgan fingerprint density at radius 1 is 1.26 bits per heavy atom. The molecule has 2 aliphatic heterocycles. The van der Waals surface area contributed by atoms with E-state index in [9.17, 15) is 0 Å². The largest absolute Gasteiger partial charge is 0.377 e. The van der Waals surface area contributed by atoms with Gasteiger partial charge in [0, 0.05) is 20.1 Å². The Labute approximate surface area is 138 Å². The van der Waals surface area contributed by atoms with Crippen LogP contribution < -0.4 is 5.43 Å². The van der Waals surface area contributed by atoms with Crippen molar-refractivity contribution >= 4 is 11.8 Å². The second kappa shape index (κ2) is 7.05. The molecule has 130 valence electrons. The van der Waals surface area contributed by atoms with Gasteiger partial charge < -0.3 is 24.7 Å². The molecule has 0 aromatic carbocycles. The first-order valence-corrected chi connectivity index (χ1v) is 8.66. The van der Waals surface area contributed by atoms with Crippen molar-refractivity contribution in [3.63, 3.8) is 0 Å². The van der Waals surface area contributed by atoms with Crippen LogP contribution in [0.15, 0.2) is 10.1 Å². The smallest absolute Gasteiger partial charge is 0.244 e. The second-order valence-corrected chi connectivity index (χ2v) is 6.72. The maximum Gasteiger partial charge on any atom is 0.244 e. The number of guanidine groups is 1. The van der Waals surface area contributed by atoms with Crippen LogP contribution in [0.2, 0.25) is 0 Å². The van der Waals surface area contributed by atoms with Gasteiger partial charge in [0.25, 0.3) is 0 Å². The zero-order valence-corrected chi connectivity index (χ0v) is 14.5. The molecule has 1 atom stereocenters. The van der Waals surface area contributed by atoms with Crippen LogP contribution in [0, 0.1) is 0 Å². The molecule has 0 unspecified atom stereocenters. The van der Waals surface area contributed by atoms with Gasteiger partial charge in [0.2, 0.25) is 5.96 Å². The van der Waals surface area contributed by atoms with Crippen molar-refractivity contribution in [3.8, 4) is 0 Å². The lowest BCUT2D eigenvalue weighted by Crippen LogP contribution is -2.57. The lowest BCUT2D eigenvalue weighted by Gasteiger charge is -2.48. The normalized spacial score (nSPS) is 28.7. The standard InChI is InChI=1S/C16H29N5O2/c1-13-11-22-9-8-21(13)14(2)18-15(19-17-3)20-7-10-23-16(12-20)5-4-6-16/h13,17H,4-12H2,1-3H3/b18-14+,19-15+/t13-/m0/s1. The Morgan fingerprint density at radius 3 is 2.74 bits per heavy atom. The fourth-order valence-electron chi connectivity index (χ4n) is 3.57. The topological polar surface area (TPSA) is 61.7 Å². The summed E-state index contributed by atoms with van der Waals surface area (Å²) in [6.45, 7) is 9.13. The molecular weight excluding hydrogens is 294 g/mol. The van der Waals surface area contributed by atoms with Crippen LogP contribution in [0.5, 0.6) is 0 Å². The molecular formula is C16H29N5O2. The van der Waals surface area contributed by atoms with Crippen molar-refractivity contribution < 1.29 is 9.47 Å². The molecule has 7 nitrogen and oxygen atoms in total. The molecule has 1 saturated carbocycles. The van der Waals surface area contributed by atoms with Gasteiger partial charge in [-0.1, -0.05) is 0 Å². The van der Waals surface area contributed by atoms with Crippen molar-refractivity contribution in [1.82, 2.24) is 15.2 Å². The van der Waals surface area contributed by atoms with E-state index in [-0.39, 0.29) is 5.60 Å². The van der Waals surface area contributed by atoms with Crippen LogP contribution in [0.1, 0.15) is 33.1 Å². The number of amidine groups is 1. The Kier molecular flexibility index (Phi) is 5.06. The molecule has 7 heteroatoms. The summed E-state index contributed by atoms with van der Waals surface area (Å²) in [5.74, 6) is 1.77. The molecule has 0 aromatic rings. The molecule has 2 heterocycles. The minimum atomic E-state index is 0.0441. The zero-order valence-electron chi connectivity index (χ0n) is 14.5. The summed E-state index contributed by atoms with van der Waals surface area (Å²) in [6, 6.07) is 0.353. The summed E-state index contributed by atoms with van der Waals surface area (Å²) < 4.78 is 11.5. The van der Waals surface area contributed by atoms with Crippen LogP contribution >= 0.6 is 0 Å². The van der Waals surface area contributed by atoms with Gasteiger partial charge in [0.05, 0.1) is 38.0 Å². The van der Waals surface area contributed by atoms with E-state index in [2.05, 4.69) is 34.2 Å². The number of ether oxygens (including phenoxy) is 2. The van der Waals surface area contributed by atoms with Gasteiger partial charge in [-0.2, -0.15) is 4.99 Å². The quantitative estimate of drug-likeness (QED) is 0.441. The van der Waals surface area contributed by atoms with Crippen molar-refractivity contribution in [2.24, 2.45) is 10.1 Å². The molecule has 2 saturated heterocycles. The number of morpholine rings is 2. The minimum Gasteiger partial charge on any atom is -0.377 e. The fraction of sp³-hybridized carbons (Fsp3) is 0.875. The fourth-order valence-corrected chi connectivity index (χ4v) is 3.57. The van der Waals surface area contributed by atoms with Crippen molar-refractivity contribution in [1.29, 1.82) is 0 Å². The molecule has 1 aliphatic carbocycles. The van der Waals surface area contributed by atoms with Gasteiger partial charge in [-0.3, -0.25) is 0 Å². The van der Waals surface area contributed by atoms with Crippen molar-refractivity contribution in [2.75, 3.05) is 46.5 Å². The first-order valence-electron chi connectivity index (χ1n) is 8.66. The average Bonchev–Trinajstić information content (AvgIpc) is 2.53. The third kappa shape index (κ3) is 3.61. The lowest BCUT2D eigenvalue weighted by molar-refractivity contribution is -0.138. The van der Waals surface area contributed by atoms with Gasteiger partial charge in [0.1, 0.15) is 5.84 Å². The van der Waals surface area contributed by atoms with Crippen LogP contribution in [0.3, 0.4) is 0 Å². The molecule has 1 N–H and O–H groups in total. The van der Waals surface area contributed by atoms with Crippen LogP contribution in [0.4, 0.5) is 0 Å². The Morgan fingerprint density at radius 2 is 2.09 bits per heavy atom. The minimum absolute atomic E-state index is 0.0441. The predicted molar refractivity (Wildman–Crippen MR) is 90.7 cm³/mol. The van der Waals surface area contributed by atoms with Gasteiger partial charge in [0.15, 0.2) is 0 Å². The van der Waals surface area contributed by atoms with Gasteiger partial charge in [-0.15, -0.1) is 5.10 Å². The summed E-state index contributed by atoms with van der Waals surface area (Å²) in [7, 11) is 1.82. The Bertz CT molecular complexity index is 475. The monoisotopic (exact) mass is 323 g/mol. The maximum atomic E-state index is 6.01. The number of nitrogens with zero attached hydrogens (tertiary/aromatic N) is 4. The molecule has 1 spiro atoms. The van der Waals surface area contributed by atoms with Crippen molar-refractivity contribution in [2.45, 2.75) is 44.8 Å². The second-order valence-electron chi connectivity index (χ2n) is 6.72. The molecule has 0 radical (unpaired) electrons.